The van der Waals surface area contributed by atoms with Crippen LogP contribution in [0.25, 0.3) is 0 Å². The lowest BCUT2D eigenvalue weighted by Gasteiger charge is -2.11. The first-order valence-electron chi connectivity index (χ1n) is 6.49. The molecule has 0 aromatic heterocycles. The summed E-state index contributed by atoms with van der Waals surface area (Å²) in [5, 5.41) is 0. The van der Waals surface area contributed by atoms with Crippen LogP contribution in [-0.4, -0.2) is 13.7 Å². The molecule has 0 fully saturated rings. The molecule has 98 valence electrons. The molecule has 0 aliphatic carbocycles. The van der Waals surface area contributed by atoms with Gasteiger partial charge in [-0.2, -0.15) is 0 Å². The van der Waals surface area contributed by atoms with E-state index in [1.165, 1.54) is 5.56 Å². The van der Waals surface area contributed by atoms with Gasteiger partial charge in [0.05, 0.1) is 13.7 Å². The summed E-state index contributed by atoms with van der Waals surface area (Å²) in [6.07, 6.45) is 1.85. The number of benzene rings is 1. The zero-order valence-corrected chi connectivity index (χ0v) is 11.7. The van der Waals surface area contributed by atoms with Crippen molar-refractivity contribution >= 4 is 0 Å². The topological polar surface area (TPSA) is 18.5 Å². The normalized spacial score (nSPS) is 11.3. The molecule has 18 heavy (non-hydrogen) atoms. The predicted molar refractivity (Wildman–Crippen MR) is 75.1 cm³/mol. The molecule has 1 rings (SSSR count). The van der Waals surface area contributed by atoms with Gasteiger partial charge in [0.1, 0.15) is 0 Å². The highest BCUT2D eigenvalue weighted by Crippen LogP contribution is 2.28. The molecule has 0 amide bonds. The molecule has 1 aromatic carbocycles. The van der Waals surface area contributed by atoms with Gasteiger partial charge in [0.25, 0.3) is 0 Å². The van der Waals surface area contributed by atoms with Crippen LogP contribution >= 0.6 is 0 Å². The van der Waals surface area contributed by atoms with Crippen LogP contribution < -0.4 is 9.47 Å². The Morgan fingerprint density at radius 1 is 1.22 bits per heavy atom. The van der Waals surface area contributed by atoms with E-state index in [-0.39, 0.29) is 0 Å². The van der Waals surface area contributed by atoms with Crippen molar-refractivity contribution < 1.29 is 9.47 Å². The van der Waals surface area contributed by atoms with E-state index in [9.17, 15) is 0 Å². The lowest BCUT2D eigenvalue weighted by atomic mass is 10.0. The third kappa shape index (κ3) is 4.33. The van der Waals surface area contributed by atoms with Gasteiger partial charge in [0.2, 0.25) is 0 Å². The van der Waals surface area contributed by atoms with Gasteiger partial charge in [-0.1, -0.05) is 25.8 Å². The van der Waals surface area contributed by atoms with Crippen molar-refractivity contribution in [1.82, 2.24) is 0 Å². The van der Waals surface area contributed by atoms with Crippen LogP contribution in [0.4, 0.5) is 0 Å². The quantitative estimate of drug-likeness (QED) is 0.738. The monoisotopic (exact) mass is 246 g/mol. The second kappa shape index (κ2) is 7.66. The van der Waals surface area contributed by atoms with Crippen LogP contribution in [0, 0.1) is 17.8 Å². The van der Waals surface area contributed by atoms with Crippen LogP contribution in [-0.2, 0) is 6.42 Å². The highest BCUT2D eigenvalue weighted by molar-refractivity contribution is 5.43. The van der Waals surface area contributed by atoms with Crippen molar-refractivity contribution in [1.29, 1.82) is 0 Å². The number of methoxy groups -OCH3 is 1. The molecule has 0 heterocycles. The molecule has 0 saturated heterocycles. The maximum Gasteiger partial charge on any atom is 0.161 e. The summed E-state index contributed by atoms with van der Waals surface area (Å²) in [6, 6.07) is 6.09. The lowest BCUT2D eigenvalue weighted by Crippen LogP contribution is -1.99. The fourth-order valence-electron chi connectivity index (χ4n) is 1.79. The standard InChI is InChI=1S/C16H22O2/c1-5-7-8-13(3)11-14-9-10-15(18-6-2)16(12-14)17-4/h9-10,12-13H,5-6,11H2,1-4H3. The highest BCUT2D eigenvalue weighted by atomic mass is 16.5. The number of hydrogen-bond donors (Lipinski definition) is 0. The van der Waals surface area contributed by atoms with Crippen molar-refractivity contribution in [3.8, 4) is 23.3 Å². The Morgan fingerprint density at radius 2 is 2.00 bits per heavy atom. The molecule has 2 heteroatoms. The van der Waals surface area contributed by atoms with Gasteiger partial charge in [0.15, 0.2) is 11.5 Å². The number of hydrogen-bond acceptors (Lipinski definition) is 2. The Kier molecular flexibility index (Phi) is 6.14. The van der Waals surface area contributed by atoms with Crippen LogP contribution in [0.1, 0.15) is 32.8 Å². The molecule has 2 nitrogen and oxygen atoms in total. The summed E-state index contributed by atoms with van der Waals surface area (Å²) in [5.41, 5.74) is 1.23. The van der Waals surface area contributed by atoms with Crippen LogP contribution in [0.2, 0.25) is 0 Å². The molecule has 0 radical (unpaired) electrons. The molecule has 0 aliphatic heterocycles. The molecule has 1 aromatic rings. The zero-order chi connectivity index (χ0) is 13.4. The average Bonchev–Trinajstić information content (AvgIpc) is 2.38. The molecular formula is C16H22O2. The average molecular weight is 246 g/mol. The van der Waals surface area contributed by atoms with Crippen LogP contribution in [0.5, 0.6) is 11.5 Å². The second-order valence-corrected chi connectivity index (χ2v) is 4.20. The second-order valence-electron chi connectivity index (χ2n) is 4.20. The Bertz CT molecular complexity index is 426. The lowest BCUT2D eigenvalue weighted by molar-refractivity contribution is 0.310. The van der Waals surface area contributed by atoms with E-state index in [1.807, 2.05) is 19.1 Å². The minimum Gasteiger partial charge on any atom is -0.493 e. The summed E-state index contributed by atoms with van der Waals surface area (Å²) >= 11 is 0. The van der Waals surface area contributed by atoms with Crippen LogP contribution in [0.15, 0.2) is 18.2 Å². The minimum atomic E-state index is 0.368. The first-order chi connectivity index (χ1) is 8.71. The van der Waals surface area contributed by atoms with E-state index in [1.54, 1.807) is 7.11 Å². The first-order valence-corrected chi connectivity index (χ1v) is 6.49. The molecule has 0 N–H and O–H groups in total. The molecule has 1 atom stereocenters. The molecular weight excluding hydrogens is 224 g/mol. The van der Waals surface area contributed by atoms with Gasteiger partial charge in [-0.15, -0.1) is 5.92 Å². The van der Waals surface area contributed by atoms with E-state index in [0.29, 0.717) is 12.5 Å². The zero-order valence-electron chi connectivity index (χ0n) is 11.7. The van der Waals surface area contributed by atoms with Gasteiger partial charge >= 0.3 is 0 Å². The SMILES string of the molecule is CCC#CC(C)Cc1ccc(OCC)c(OC)c1. The summed E-state index contributed by atoms with van der Waals surface area (Å²) in [5.74, 6) is 8.32. The maximum absolute atomic E-state index is 5.50. The fourth-order valence-corrected chi connectivity index (χ4v) is 1.79. The van der Waals surface area contributed by atoms with E-state index in [2.05, 4.69) is 31.8 Å². The Hall–Kier alpha value is -1.62. The van der Waals surface area contributed by atoms with Crippen molar-refractivity contribution in [2.75, 3.05) is 13.7 Å². The van der Waals surface area contributed by atoms with E-state index >= 15 is 0 Å². The van der Waals surface area contributed by atoms with Crippen LogP contribution in [0.3, 0.4) is 0 Å². The third-order valence-corrected chi connectivity index (χ3v) is 2.60. The number of ether oxygens (including phenoxy) is 2. The predicted octanol–water partition coefficient (Wildman–Crippen LogP) is 3.69. The van der Waals surface area contributed by atoms with E-state index in [4.69, 9.17) is 9.47 Å². The van der Waals surface area contributed by atoms with Crippen molar-refractivity contribution in [2.24, 2.45) is 5.92 Å². The van der Waals surface area contributed by atoms with Crippen molar-refractivity contribution in [3.05, 3.63) is 23.8 Å². The van der Waals surface area contributed by atoms with E-state index < -0.39 is 0 Å². The fraction of sp³-hybridized carbons (Fsp3) is 0.500. The molecule has 0 aliphatic rings. The largest absolute Gasteiger partial charge is 0.493 e. The smallest absolute Gasteiger partial charge is 0.161 e. The minimum absolute atomic E-state index is 0.368. The van der Waals surface area contributed by atoms with Crippen molar-refractivity contribution in [3.63, 3.8) is 0 Å². The Morgan fingerprint density at radius 3 is 2.61 bits per heavy atom. The first kappa shape index (κ1) is 14.4. The van der Waals surface area contributed by atoms with Gasteiger partial charge in [-0.05, 0) is 31.0 Å². The molecule has 0 saturated carbocycles. The highest BCUT2D eigenvalue weighted by Gasteiger charge is 2.07. The molecule has 1 unspecified atom stereocenters. The van der Waals surface area contributed by atoms with Crippen molar-refractivity contribution in [2.45, 2.75) is 33.6 Å². The Balaban J connectivity index is 2.78. The van der Waals surface area contributed by atoms with Gasteiger partial charge in [0, 0.05) is 12.3 Å². The summed E-state index contributed by atoms with van der Waals surface area (Å²) in [7, 11) is 1.67. The maximum atomic E-state index is 5.50. The Labute approximate surface area is 110 Å². The van der Waals surface area contributed by atoms with Gasteiger partial charge in [-0.25, -0.2) is 0 Å². The summed E-state index contributed by atoms with van der Waals surface area (Å²) in [6.45, 7) is 6.83. The summed E-state index contributed by atoms with van der Waals surface area (Å²) < 4.78 is 10.8. The molecule has 0 bridgehead atoms. The van der Waals surface area contributed by atoms with Gasteiger partial charge in [-0.3, -0.25) is 0 Å². The van der Waals surface area contributed by atoms with Gasteiger partial charge < -0.3 is 9.47 Å². The molecule has 0 spiro atoms. The number of rotatable bonds is 5. The van der Waals surface area contributed by atoms with E-state index in [0.717, 1.165) is 24.3 Å². The summed E-state index contributed by atoms with van der Waals surface area (Å²) in [4.78, 5) is 0. The third-order valence-electron chi connectivity index (χ3n) is 2.60.